The summed E-state index contributed by atoms with van der Waals surface area (Å²) in [5.74, 6) is 0. The summed E-state index contributed by atoms with van der Waals surface area (Å²) in [5, 5.41) is 9.21. The van der Waals surface area contributed by atoms with Gasteiger partial charge >= 0.3 is 6.03 Å². The van der Waals surface area contributed by atoms with Crippen molar-refractivity contribution in [1.82, 2.24) is 25.0 Å². The number of nitrogens with one attached hydrogen (secondary N) is 1. The zero-order valence-corrected chi connectivity index (χ0v) is 13.6. The average Bonchev–Trinajstić information content (AvgIpc) is 3.21. The minimum atomic E-state index is 0.0438. The van der Waals surface area contributed by atoms with Crippen molar-refractivity contribution in [2.24, 2.45) is 0 Å². The summed E-state index contributed by atoms with van der Waals surface area (Å²) in [6.07, 6.45) is 5.99. The standard InChI is InChI=1S/C15H21N5OS/c1-2-13-12-5-9-22-14(12)4-8-20(13)15(21)17-6-3-7-19-11-16-10-18-19/h5,9-11,13H,2-4,6-8H2,1H3,(H,17,21). The second kappa shape index (κ2) is 6.91. The van der Waals surface area contributed by atoms with Crippen molar-refractivity contribution in [1.29, 1.82) is 0 Å². The first-order valence-electron chi connectivity index (χ1n) is 7.72. The van der Waals surface area contributed by atoms with E-state index in [0.717, 1.165) is 32.4 Å². The van der Waals surface area contributed by atoms with Gasteiger partial charge in [-0.2, -0.15) is 5.10 Å². The molecule has 7 heteroatoms. The number of amides is 2. The van der Waals surface area contributed by atoms with Crippen LogP contribution in [0.25, 0.3) is 0 Å². The van der Waals surface area contributed by atoms with Crippen LogP contribution in [-0.2, 0) is 13.0 Å². The maximum atomic E-state index is 12.4. The summed E-state index contributed by atoms with van der Waals surface area (Å²) >= 11 is 1.80. The Bertz CT molecular complexity index is 609. The molecule has 1 N–H and O–H groups in total. The quantitative estimate of drug-likeness (QED) is 0.861. The minimum absolute atomic E-state index is 0.0438. The molecule has 1 aliphatic heterocycles. The van der Waals surface area contributed by atoms with Crippen molar-refractivity contribution in [2.75, 3.05) is 13.1 Å². The molecule has 0 fully saturated rings. The van der Waals surface area contributed by atoms with E-state index in [-0.39, 0.29) is 12.1 Å². The van der Waals surface area contributed by atoms with Gasteiger partial charge in [0.05, 0.1) is 6.04 Å². The number of thiophene rings is 1. The summed E-state index contributed by atoms with van der Waals surface area (Å²) in [6, 6.07) is 2.42. The molecule has 1 aliphatic rings. The third-order valence-electron chi connectivity index (χ3n) is 4.05. The zero-order valence-electron chi connectivity index (χ0n) is 12.7. The molecule has 0 saturated carbocycles. The first-order chi connectivity index (χ1) is 10.8. The van der Waals surface area contributed by atoms with Gasteiger partial charge in [0.15, 0.2) is 0 Å². The van der Waals surface area contributed by atoms with Gasteiger partial charge in [0.25, 0.3) is 0 Å². The Morgan fingerprint density at radius 3 is 3.23 bits per heavy atom. The van der Waals surface area contributed by atoms with E-state index in [0.29, 0.717) is 6.54 Å². The first-order valence-corrected chi connectivity index (χ1v) is 8.60. The van der Waals surface area contributed by atoms with Gasteiger partial charge in [-0.15, -0.1) is 11.3 Å². The Labute approximate surface area is 134 Å². The largest absolute Gasteiger partial charge is 0.338 e. The average molecular weight is 319 g/mol. The molecular formula is C15H21N5OS. The Kier molecular flexibility index (Phi) is 4.72. The molecule has 1 atom stereocenters. The molecule has 2 amide bonds. The van der Waals surface area contributed by atoms with E-state index in [1.165, 1.54) is 16.8 Å². The van der Waals surface area contributed by atoms with Crippen LogP contribution in [0.5, 0.6) is 0 Å². The van der Waals surface area contributed by atoms with Crippen LogP contribution in [-0.4, -0.2) is 38.8 Å². The third kappa shape index (κ3) is 3.14. The highest BCUT2D eigenvalue weighted by Crippen LogP contribution is 2.34. The molecule has 0 bridgehead atoms. The predicted molar refractivity (Wildman–Crippen MR) is 85.8 cm³/mol. The highest BCUT2D eigenvalue weighted by molar-refractivity contribution is 7.10. The Morgan fingerprint density at radius 2 is 2.45 bits per heavy atom. The van der Waals surface area contributed by atoms with Gasteiger partial charge < -0.3 is 10.2 Å². The monoisotopic (exact) mass is 319 g/mol. The third-order valence-corrected chi connectivity index (χ3v) is 5.05. The molecule has 1 unspecified atom stereocenters. The fraction of sp³-hybridized carbons (Fsp3) is 0.533. The molecule has 3 rings (SSSR count). The number of aromatic nitrogens is 3. The van der Waals surface area contributed by atoms with E-state index in [1.807, 2.05) is 4.90 Å². The molecule has 0 aliphatic carbocycles. The van der Waals surface area contributed by atoms with E-state index >= 15 is 0 Å². The van der Waals surface area contributed by atoms with E-state index in [9.17, 15) is 4.79 Å². The number of nitrogens with zero attached hydrogens (tertiary/aromatic N) is 4. The maximum absolute atomic E-state index is 12.4. The Balaban J connectivity index is 1.51. The molecule has 0 spiro atoms. The fourth-order valence-corrected chi connectivity index (χ4v) is 3.89. The Morgan fingerprint density at radius 1 is 1.55 bits per heavy atom. The van der Waals surface area contributed by atoms with E-state index in [1.54, 1.807) is 22.3 Å². The van der Waals surface area contributed by atoms with Crippen molar-refractivity contribution in [3.63, 3.8) is 0 Å². The summed E-state index contributed by atoms with van der Waals surface area (Å²) in [4.78, 5) is 19.8. The number of hydrogen-bond donors (Lipinski definition) is 1. The summed E-state index contributed by atoms with van der Waals surface area (Å²) in [6.45, 7) is 4.37. The van der Waals surface area contributed by atoms with Crippen LogP contribution in [0.2, 0.25) is 0 Å². The minimum Gasteiger partial charge on any atom is -0.338 e. The van der Waals surface area contributed by atoms with Crippen LogP contribution >= 0.6 is 11.3 Å². The molecule has 2 aromatic rings. The van der Waals surface area contributed by atoms with Gasteiger partial charge in [-0.3, -0.25) is 4.68 Å². The molecule has 0 radical (unpaired) electrons. The van der Waals surface area contributed by atoms with Crippen molar-refractivity contribution in [3.05, 3.63) is 34.5 Å². The van der Waals surface area contributed by atoms with Gasteiger partial charge in [-0.25, -0.2) is 9.78 Å². The number of aryl methyl sites for hydroxylation is 1. The Hall–Kier alpha value is -1.89. The summed E-state index contributed by atoms with van der Waals surface area (Å²) in [7, 11) is 0. The second-order valence-corrected chi connectivity index (χ2v) is 6.41. The van der Waals surface area contributed by atoms with Gasteiger partial charge in [-0.05, 0) is 36.3 Å². The second-order valence-electron chi connectivity index (χ2n) is 5.41. The van der Waals surface area contributed by atoms with Crippen molar-refractivity contribution in [2.45, 2.75) is 38.8 Å². The SMILES string of the molecule is CCC1c2ccsc2CCN1C(=O)NCCCn1cncn1. The number of rotatable bonds is 5. The van der Waals surface area contributed by atoms with Crippen LogP contribution in [0.4, 0.5) is 4.79 Å². The molecule has 118 valence electrons. The van der Waals surface area contributed by atoms with Crippen molar-refractivity contribution >= 4 is 17.4 Å². The van der Waals surface area contributed by atoms with Crippen LogP contribution in [0, 0.1) is 0 Å². The lowest BCUT2D eigenvalue weighted by Gasteiger charge is -2.35. The van der Waals surface area contributed by atoms with Crippen LogP contribution in [0.15, 0.2) is 24.1 Å². The normalized spacial score (nSPS) is 17.3. The lowest BCUT2D eigenvalue weighted by atomic mass is 9.98. The van der Waals surface area contributed by atoms with Gasteiger partial charge in [0, 0.05) is 24.5 Å². The van der Waals surface area contributed by atoms with Crippen LogP contribution in [0.1, 0.15) is 36.2 Å². The molecule has 0 aromatic carbocycles. The van der Waals surface area contributed by atoms with Crippen molar-refractivity contribution < 1.29 is 4.79 Å². The van der Waals surface area contributed by atoms with E-state index < -0.39 is 0 Å². The highest BCUT2D eigenvalue weighted by atomic mass is 32.1. The number of carbonyl (C=O) groups excluding carboxylic acids is 1. The number of fused-ring (bicyclic) bond motifs is 1. The number of carbonyl (C=O) groups is 1. The lowest BCUT2D eigenvalue weighted by Crippen LogP contribution is -2.45. The number of urea groups is 1. The molecule has 3 heterocycles. The smallest absolute Gasteiger partial charge is 0.317 e. The fourth-order valence-electron chi connectivity index (χ4n) is 2.97. The molecule has 6 nitrogen and oxygen atoms in total. The summed E-state index contributed by atoms with van der Waals surface area (Å²) in [5.41, 5.74) is 1.33. The van der Waals surface area contributed by atoms with Crippen LogP contribution < -0.4 is 5.32 Å². The molecule has 2 aromatic heterocycles. The highest BCUT2D eigenvalue weighted by Gasteiger charge is 2.29. The van der Waals surface area contributed by atoms with E-state index in [2.05, 4.69) is 33.8 Å². The van der Waals surface area contributed by atoms with Crippen molar-refractivity contribution in [3.8, 4) is 0 Å². The number of hydrogen-bond acceptors (Lipinski definition) is 4. The predicted octanol–water partition coefficient (Wildman–Crippen LogP) is 2.45. The lowest BCUT2D eigenvalue weighted by molar-refractivity contribution is 0.167. The molecule has 22 heavy (non-hydrogen) atoms. The van der Waals surface area contributed by atoms with E-state index in [4.69, 9.17) is 0 Å². The first kappa shape index (κ1) is 15.0. The molecule has 0 saturated heterocycles. The topological polar surface area (TPSA) is 63.1 Å². The zero-order chi connectivity index (χ0) is 15.4. The van der Waals surface area contributed by atoms with Gasteiger partial charge in [0.2, 0.25) is 0 Å². The maximum Gasteiger partial charge on any atom is 0.317 e. The van der Waals surface area contributed by atoms with Crippen LogP contribution in [0.3, 0.4) is 0 Å². The molecular weight excluding hydrogens is 298 g/mol. The summed E-state index contributed by atoms with van der Waals surface area (Å²) < 4.78 is 1.78. The van der Waals surface area contributed by atoms with Gasteiger partial charge in [-0.1, -0.05) is 6.92 Å². The van der Waals surface area contributed by atoms with Gasteiger partial charge in [0.1, 0.15) is 12.7 Å².